The molecule has 1 aliphatic rings. The van der Waals surface area contributed by atoms with E-state index in [-0.39, 0.29) is 10.5 Å². The number of hydrogen-bond donors (Lipinski definition) is 0. The molecular formula is C20H18INO4S. The first-order valence-electron chi connectivity index (χ1n) is 8.65. The summed E-state index contributed by atoms with van der Waals surface area (Å²) in [6.45, 7) is 0.618. The molecule has 0 aliphatic heterocycles. The van der Waals surface area contributed by atoms with Gasteiger partial charge in [0.05, 0.1) is 32.7 Å². The van der Waals surface area contributed by atoms with Crippen LogP contribution in [-0.2, 0) is 14.1 Å². The molecule has 0 bridgehead atoms. The van der Waals surface area contributed by atoms with Crippen LogP contribution in [0.1, 0.15) is 12.8 Å². The van der Waals surface area contributed by atoms with Gasteiger partial charge in [0.2, 0.25) is 7.01 Å². The smallest absolute Gasteiger partial charge is 0.258 e. The van der Waals surface area contributed by atoms with Crippen molar-refractivity contribution in [1.82, 2.24) is 4.57 Å². The minimum Gasteiger partial charge on any atom is -0.493 e. The summed E-state index contributed by atoms with van der Waals surface area (Å²) in [7, 11) is -1.70. The second-order valence-corrected chi connectivity index (χ2v) is 11.7. The van der Waals surface area contributed by atoms with Gasteiger partial charge in [-0.15, -0.1) is 0 Å². The molecule has 0 unspecified atom stereocenters. The van der Waals surface area contributed by atoms with Crippen molar-refractivity contribution in [2.45, 2.75) is 17.7 Å². The second-order valence-electron chi connectivity index (χ2n) is 6.85. The lowest BCUT2D eigenvalue weighted by Gasteiger charge is -2.15. The zero-order valence-corrected chi connectivity index (χ0v) is 17.7. The van der Waals surface area contributed by atoms with Gasteiger partial charge in [-0.2, -0.15) is 0 Å². The number of rotatable bonds is 5. The average molecular weight is 495 g/mol. The van der Waals surface area contributed by atoms with Crippen molar-refractivity contribution in [3.05, 3.63) is 59.0 Å². The van der Waals surface area contributed by atoms with Crippen molar-refractivity contribution in [3.8, 4) is 16.9 Å². The van der Waals surface area contributed by atoms with Crippen molar-refractivity contribution < 1.29 is 13.2 Å². The molecule has 1 fully saturated rings. The van der Waals surface area contributed by atoms with Crippen LogP contribution in [0, 0.1) is 5.92 Å². The topological polar surface area (TPSA) is 65.4 Å². The van der Waals surface area contributed by atoms with Crippen LogP contribution in [-0.4, -0.2) is 19.6 Å². The molecule has 140 valence electrons. The summed E-state index contributed by atoms with van der Waals surface area (Å²) in [6.07, 6.45) is 4.07. The lowest BCUT2D eigenvalue weighted by molar-refractivity contribution is 0.301. The third-order valence-electron chi connectivity index (χ3n) is 4.78. The minimum atomic E-state index is -3.39. The molecule has 4 rings (SSSR count). The maximum Gasteiger partial charge on any atom is 0.258 e. The van der Waals surface area contributed by atoms with Crippen LogP contribution in [0.4, 0.5) is 0 Å². The lowest BCUT2D eigenvalue weighted by atomic mass is 10.00. The molecule has 1 aromatic heterocycles. The predicted molar refractivity (Wildman–Crippen MR) is 114 cm³/mol. The molecule has 3 aromatic rings. The normalized spacial score (nSPS) is 14.4. The molecule has 5 nitrogen and oxygen atoms in total. The summed E-state index contributed by atoms with van der Waals surface area (Å²) in [5.74, 6) is 1.21. The van der Waals surface area contributed by atoms with Crippen molar-refractivity contribution in [2.75, 3.05) is 6.61 Å². The summed E-state index contributed by atoms with van der Waals surface area (Å²) < 4.78 is 31.7. The highest BCUT2D eigenvalue weighted by atomic mass is 127. The van der Waals surface area contributed by atoms with Crippen molar-refractivity contribution in [2.24, 2.45) is 13.0 Å². The first-order chi connectivity index (χ1) is 12.8. The van der Waals surface area contributed by atoms with Crippen molar-refractivity contribution >= 4 is 39.0 Å². The molecule has 0 radical (unpaired) electrons. The predicted octanol–water partition coefficient (Wildman–Crippen LogP) is 4.12. The van der Waals surface area contributed by atoms with Crippen molar-refractivity contribution in [1.29, 1.82) is 0 Å². The van der Waals surface area contributed by atoms with Gasteiger partial charge in [-0.1, -0.05) is 18.2 Å². The molecule has 27 heavy (non-hydrogen) atoms. The number of aromatic nitrogens is 1. The SMILES string of the molecule is Cn1cc(-c2cc(S(=O)(=O)I)ccc2OCC2CC2)c2ccccc2c1=O. The number of fused-ring (bicyclic) bond motifs is 1. The summed E-state index contributed by atoms with van der Waals surface area (Å²) in [5, 5.41) is 1.37. The van der Waals surface area contributed by atoms with E-state index in [1.54, 1.807) is 37.5 Å². The van der Waals surface area contributed by atoms with Crippen LogP contribution in [0.25, 0.3) is 21.9 Å². The van der Waals surface area contributed by atoms with Crippen LogP contribution >= 0.6 is 21.2 Å². The van der Waals surface area contributed by atoms with Gasteiger partial charge in [0.1, 0.15) is 5.75 Å². The molecule has 1 heterocycles. The Hall–Kier alpha value is -1.87. The van der Waals surface area contributed by atoms with Gasteiger partial charge in [0.15, 0.2) is 0 Å². The van der Waals surface area contributed by atoms with Gasteiger partial charge in [-0.3, -0.25) is 4.79 Å². The number of benzene rings is 2. The van der Waals surface area contributed by atoms with Crippen LogP contribution in [0.15, 0.2) is 58.4 Å². The Bertz CT molecular complexity index is 1200. The van der Waals surface area contributed by atoms with E-state index in [2.05, 4.69) is 0 Å². The van der Waals surface area contributed by atoms with Gasteiger partial charge >= 0.3 is 0 Å². The molecule has 2 aromatic carbocycles. The fourth-order valence-corrected chi connectivity index (χ4v) is 4.43. The molecule has 0 N–H and O–H groups in total. The molecule has 1 saturated carbocycles. The molecule has 0 atom stereocenters. The van der Waals surface area contributed by atoms with Gasteiger partial charge in [-0.25, -0.2) is 8.42 Å². The molecule has 0 saturated heterocycles. The minimum absolute atomic E-state index is 0.0903. The molecule has 0 amide bonds. The highest BCUT2D eigenvalue weighted by Crippen LogP contribution is 2.38. The van der Waals surface area contributed by atoms with Gasteiger partial charge in [0, 0.05) is 29.8 Å². The van der Waals surface area contributed by atoms with E-state index in [9.17, 15) is 13.2 Å². The quantitative estimate of drug-likeness (QED) is 0.395. The van der Waals surface area contributed by atoms with E-state index in [0.29, 0.717) is 29.2 Å². The number of nitrogens with zero attached hydrogens (tertiary/aromatic N) is 1. The Morgan fingerprint density at radius 2 is 1.81 bits per heavy atom. The molecular weight excluding hydrogens is 477 g/mol. The van der Waals surface area contributed by atoms with Crippen molar-refractivity contribution in [3.63, 3.8) is 0 Å². The monoisotopic (exact) mass is 495 g/mol. The Morgan fingerprint density at radius 1 is 1.11 bits per heavy atom. The Labute approximate surface area is 169 Å². The third-order valence-corrected chi connectivity index (χ3v) is 7.13. The van der Waals surface area contributed by atoms with E-state index < -0.39 is 7.01 Å². The second kappa shape index (κ2) is 6.94. The first kappa shape index (κ1) is 18.5. The number of pyridine rings is 1. The van der Waals surface area contributed by atoms with E-state index in [1.165, 1.54) is 25.8 Å². The summed E-state index contributed by atoms with van der Waals surface area (Å²) >= 11 is 1.44. The number of hydrogen-bond acceptors (Lipinski definition) is 4. The van der Waals surface area contributed by atoms with Crippen LogP contribution in [0.5, 0.6) is 5.75 Å². The maximum atomic E-state index is 12.5. The van der Waals surface area contributed by atoms with Crippen LogP contribution in [0.3, 0.4) is 0 Å². The Kier molecular flexibility index (Phi) is 4.75. The zero-order valence-electron chi connectivity index (χ0n) is 14.7. The first-order valence-corrected chi connectivity index (χ1v) is 12.7. The summed E-state index contributed by atoms with van der Waals surface area (Å²) in [6, 6.07) is 12.3. The maximum absolute atomic E-state index is 12.5. The molecule has 0 spiro atoms. The standard InChI is InChI=1S/C20H18INO4S/c1-22-11-18(15-4-2-3-5-16(15)20(22)23)17-10-14(27(21,24)25)8-9-19(17)26-12-13-6-7-13/h2-5,8-11,13H,6-7,12H2,1H3. The number of ether oxygens (including phenoxy) is 1. The fourth-order valence-electron chi connectivity index (χ4n) is 3.12. The zero-order chi connectivity index (χ0) is 19.2. The van der Waals surface area contributed by atoms with Gasteiger partial charge in [0.25, 0.3) is 5.56 Å². The Balaban J connectivity index is 1.97. The fraction of sp³-hybridized carbons (Fsp3) is 0.250. The molecule has 1 aliphatic carbocycles. The van der Waals surface area contributed by atoms with Crippen LogP contribution < -0.4 is 10.3 Å². The number of halogens is 1. The van der Waals surface area contributed by atoms with Gasteiger partial charge < -0.3 is 9.30 Å². The highest BCUT2D eigenvalue weighted by Gasteiger charge is 2.23. The lowest BCUT2D eigenvalue weighted by Crippen LogP contribution is -2.16. The van der Waals surface area contributed by atoms with E-state index in [4.69, 9.17) is 4.74 Å². The Morgan fingerprint density at radius 3 is 2.48 bits per heavy atom. The molecule has 7 heteroatoms. The number of aryl methyl sites for hydroxylation is 1. The highest BCUT2D eigenvalue weighted by molar-refractivity contribution is 14.2. The van der Waals surface area contributed by atoms with E-state index in [0.717, 1.165) is 23.8 Å². The van der Waals surface area contributed by atoms with E-state index in [1.807, 2.05) is 18.2 Å². The largest absolute Gasteiger partial charge is 0.493 e. The summed E-state index contributed by atoms with van der Waals surface area (Å²) in [5.41, 5.74) is 1.37. The van der Waals surface area contributed by atoms with Crippen LogP contribution in [0.2, 0.25) is 0 Å². The summed E-state index contributed by atoms with van der Waals surface area (Å²) in [4.78, 5) is 12.7. The third kappa shape index (κ3) is 3.75. The van der Waals surface area contributed by atoms with Gasteiger partial charge in [-0.05, 0) is 48.4 Å². The van der Waals surface area contributed by atoms with E-state index >= 15 is 0 Å². The average Bonchev–Trinajstić information content (AvgIpc) is 3.47.